The predicted molar refractivity (Wildman–Crippen MR) is 174 cm³/mol. The summed E-state index contributed by atoms with van der Waals surface area (Å²) in [6.45, 7) is 11.4. The Hall–Kier alpha value is -4.31. The van der Waals surface area contributed by atoms with Gasteiger partial charge in [-0.3, -0.25) is 15.0 Å². The van der Waals surface area contributed by atoms with Crippen molar-refractivity contribution in [2.45, 2.75) is 58.8 Å². The quantitative estimate of drug-likeness (QED) is 0.0766. The molecule has 44 heavy (non-hydrogen) atoms. The maximum atomic E-state index is 13.1. The fourth-order valence-corrected chi connectivity index (χ4v) is 3.91. The summed E-state index contributed by atoms with van der Waals surface area (Å²) in [5.41, 5.74) is 3.70. The van der Waals surface area contributed by atoms with Crippen molar-refractivity contribution in [3.05, 3.63) is 96.1 Å². The third-order valence-electron chi connectivity index (χ3n) is 6.20. The fraction of sp³-hybridized carbons (Fsp3) is 0.382. The van der Waals surface area contributed by atoms with Crippen molar-refractivity contribution in [2.75, 3.05) is 31.5 Å². The number of anilines is 2. The lowest BCUT2D eigenvalue weighted by molar-refractivity contribution is -0.143. The van der Waals surface area contributed by atoms with Crippen molar-refractivity contribution in [1.29, 1.82) is 5.41 Å². The minimum Gasteiger partial charge on any atom is -0.481 e. The number of carbonyl (C=O) groups is 2. The molecule has 0 aliphatic carbocycles. The molecule has 1 saturated heterocycles. The molecule has 0 aromatic heterocycles. The van der Waals surface area contributed by atoms with E-state index in [9.17, 15) is 18.4 Å². The van der Waals surface area contributed by atoms with Gasteiger partial charge in [-0.15, -0.1) is 6.58 Å². The van der Waals surface area contributed by atoms with Crippen molar-refractivity contribution < 1.29 is 28.6 Å². The molecular weight excluding hydrogens is 566 g/mol. The largest absolute Gasteiger partial charge is 0.481 e. The van der Waals surface area contributed by atoms with Crippen LogP contribution in [0.1, 0.15) is 63.0 Å². The first-order chi connectivity index (χ1) is 21.1. The number of carboxylic acid groups (broad SMARTS) is 2. The SMILES string of the molecule is C=CC/C=C(F)\C=C/CCC.Cc1ccc(Nc2ccc(F)cc2)c(C(=N)N2CCCNCCC2)c1.O=C(O)CCC(=O)O. The lowest BCUT2D eigenvalue weighted by Crippen LogP contribution is -2.38. The molecule has 0 bridgehead atoms. The third-order valence-corrected chi connectivity index (χ3v) is 6.20. The molecule has 1 aliphatic heterocycles. The molecule has 8 nitrogen and oxygen atoms in total. The van der Waals surface area contributed by atoms with Gasteiger partial charge in [0.05, 0.1) is 12.8 Å². The molecule has 0 unspecified atom stereocenters. The summed E-state index contributed by atoms with van der Waals surface area (Å²) >= 11 is 0. The Bertz CT molecular complexity index is 1220. The molecule has 0 atom stereocenters. The molecule has 10 heteroatoms. The number of benzene rings is 2. The summed E-state index contributed by atoms with van der Waals surface area (Å²) in [5.74, 6) is -2.02. The lowest BCUT2D eigenvalue weighted by Gasteiger charge is -2.28. The first-order valence-electron chi connectivity index (χ1n) is 14.8. The van der Waals surface area contributed by atoms with Gasteiger partial charge < -0.3 is 25.7 Å². The van der Waals surface area contributed by atoms with Crippen molar-refractivity contribution in [3.63, 3.8) is 0 Å². The van der Waals surface area contributed by atoms with Gasteiger partial charge >= 0.3 is 11.9 Å². The monoisotopic (exact) mass is 612 g/mol. The molecule has 1 heterocycles. The van der Waals surface area contributed by atoms with Crippen LogP contribution in [0, 0.1) is 18.2 Å². The number of nitrogens with one attached hydrogen (secondary N) is 3. The van der Waals surface area contributed by atoms with Gasteiger partial charge in [0.2, 0.25) is 0 Å². The fourth-order valence-electron chi connectivity index (χ4n) is 3.91. The summed E-state index contributed by atoms with van der Waals surface area (Å²) in [7, 11) is 0. The van der Waals surface area contributed by atoms with Crippen LogP contribution in [0.25, 0.3) is 0 Å². The van der Waals surface area contributed by atoms with Crippen LogP contribution in [0.15, 0.2) is 79.2 Å². The second kappa shape index (κ2) is 22.3. The summed E-state index contributed by atoms with van der Waals surface area (Å²) in [5, 5.41) is 31.3. The molecule has 0 radical (unpaired) electrons. The Labute approximate surface area is 259 Å². The van der Waals surface area contributed by atoms with Gasteiger partial charge in [0.1, 0.15) is 17.5 Å². The summed E-state index contributed by atoms with van der Waals surface area (Å²) in [6.07, 6.45) is 10.6. The van der Waals surface area contributed by atoms with Gasteiger partial charge in [0.15, 0.2) is 0 Å². The number of allylic oxidation sites excluding steroid dienone is 5. The number of nitrogens with zero attached hydrogens (tertiary/aromatic N) is 1. The maximum absolute atomic E-state index is 13.1. The Morgan fingerprint density at radius 2 is 1.68 bits per heavy atom. The smallest absolute Gasteiger partial charge is 0.303 e. The number of unbranched alkanes of at least 4 members (excludes halogenated alkanes) is 1. The van der Waals surface area contributed by atoms with E-state index < -0.39 is 11.9 Å². The van der Waals surface area contributed by atoms with E-state index in [1.165, 1.54) is 24.3 Å². The number of rotatable bonds is 11. The molecule has 5 N–H and O–H groups in total. The van der Waals surface area contributed by atoms with Crippen LogP contribution in [0.2, 0.25) is 0 Å². The van der Waals surface area contributed by atoms with E-state index in [2.05, 4.69) is 29.0 Å². The van der Waals surface area contributed by atoms with Crippen LogP contribution < -0.4 is 10.6 Å². The van der Waals surface area contributed by atoms with E-state index in [0.717, 1.165) is 74.4 Å². The molecule has 2 aromatic rings. The molecule has 2 aromatic carbocycles. The number of halogens is 2. The normalized spacial score (nSPS) is 13.4. The average Bonchev–Trinajstić information content (AvgIpc) is 2.97. The summed E-state index contributed by atoms with van der Waals surface area (Å²) < 4.78 is 25.8. The molecular formula is C34H46F2N4O4. The molecule has 3 rings (SSSR count). The van der Waals surface area contributed by atoms with Gasteiger partial charge in [-0.25, -0.2) is 8.78 Å². The highest BCUT2D eigenvalue weighted by Crippen LogP contribution is 2.24. The minimum atomic E-state index is -1.08. The van der Waals surface area contributed by atoms with Gasteiger partial charge in [0.25, 0.3) is 0 Å². The van der Waals surface area contributed by atoms with E-state index in [1.54, 1.807) is 18.2 Å². The summed E-state index contributed by atoms with van der Waals surface area (Å²) in [4.78, 5) is 21.4. The standard InChI is InChI=1S/C20H25FN4.C10H15F.C4H6O4/c1-15-4-9-19(24-17-7-5-16(21)6-8-17)18(14-15)20(22)25-12-2-10-23-11-3-13-25;1-3-5-7-9-10(11)8-6-4-2;5-3(6)1-2-4(7)8/h4-9,14,22-24H,2-3,10-13H2,1H3;4,7-9H,2-3,5-6H2,1H3;1-2H2,(H,5,6)(H,7,8)/b;9-7-,10-8+;. The molecule has 1 fully saturated rings. The van der Waals surface area contributed by atoms with Gasteiger partial charge in [-0.2, -0.15) is 0 Å². The van der Waals surface area contributed by atoms with E-state index in [-0.39, 0.29) is 24.5 Å². The number of aliphatic carboxylic acids is 2. The predicted octanol–water partition coefficient (Wildman–Crippen LogP) is 7.60. The molecule has 0 amide bonds. The zero-order valence-corrected chi connectivity index (χ0v) is 25.8. The first kappa shape index (κ1) is 37.7. The second-order valence-electron chi connectivity index (χ2n) is 10.1. The number of carboxylic acids is 2. The van der Waals surface area contributed by atoms with E-state index in [0.29, 0.717) is 12.3 Å². The Morgan fingerprint density at radius 3 is 2.23 bits per heavy atom. The zero-order valence-electron chi connectivity index (χ0n) is 25.8. The molecule has 0 saturated carbocycles. The van der Waals surface area contributed by atoms with Crippen LogP contribution >= 0.6 is 0 Å². The number of amidine groups is 1. The van der Waals surface area contributed by atoms with Crippen LogP contribution in [-0.2, 0) is 9.59 Å². The Morgan fingerprint density at radius 1 is 1.07 bits per heavy atom. The molecule has 0 spiro atoms. The average molecular weight is 613 g/mol. The van der Waals surface area contributed by atoms with Crippen molar-refractivity contribution >= 4 is 29.1 Å². The molecule has 240 valence electrons. The highest BCUT2D eigenvalue weighted by molar-refractivity contribution is 6.02. The maximum Gasteiger partial charge on any atom is 0.303 e. The van der Waals surface area contributed by atoms with Crippen LogP contribution in [0.3, 0.4) is 0 Å². The number of hydrogen-bond acceptors (Lipinski definition) is 5. The van der Waals surface area contributed by atoms with Crippen LogP contribution in [0.4, 0.5) is 20.2 Å². The van der Waals surface area contributed by atoms with E-state index in [4.69, 9.17) is 15.6 Å². The Balaban J connectivity index is 0.000000422. The number of hydrogen-bond donors (Lipinski definition) is 5. The highest BCUT2D eigenvalue weighted by atomic mass is 19.1. The third kappa shape index (κ3) is 17.0. The highest BCUT2D eigenvalue weighted by Gasteiger charge is 2.17. The Kier molecular flexibility index (Phi) is 19.1. The number of aryl methyl sites for hydroxylation is 1. The van der Waals surface area contributed by atoms with Crippen LogP contribution in [-0.4, -0.2) is 59.1 Å². The minimum absolute atomic E-state index is 0.168. The topological polar surface area (TPSA) is 126 Å². The van der Waals surface area contributed by atoms with Gasteiger partial charge in [-0.05, 0) is 94.2 Å². The van der Waals surface area contributed by atoms with E-state index in [1.807, 2.05) is 31.2 Å². The van der Waals surface area contributed by atoms with Gasteiger partial charge in [0, 0.05) is 30.0 Å². The van der Waals surface area contributed by atoms with Gasteiger partial charge in [-0.1, -0.05) is 37.1 Å². The van der Waals surface area contributed by atoms with E-state index >= 15 is 0 Å². The van der Waals surface area contributed by atoms with Crippen molar-refractivity contribution in [2.24, 2.45) is 0 Å². The van der Waals surface area contributed by atoms with Crippen LogP contribution in [0.5, 0.6) is 0 Å². The second-order valence-corrected chi connectivity index (χ2v) is 10.1. The summed E-state index contributed by atoms with van der Waals surface area (Å²) in [6, 6.07) is 12.4. The van der Waals surface area contributed by atoms with Crippen molar-refractivity contribution in [3.8, 4) is 0 Å². The van der Waals surface area contributed by atoms with Crippen molar-refractivity contribution in [1.82, 2.24) is 10.2 Å². The zero-order chi connectivity index (χ0) is 32.7. The molecule has 1 aliphatic rings. The first-order valence-corrected chi connectivity index (χ1v) is 14.8. The lowest BCUT2D eigenvalue weighted by atomic mass is 10.1.